The van der Waals surface area contributed by atoms with Crippen molar-refractivity contribution in [2.45, 2.75) is 32.6 Å². The van der Waals surface area contributed by atoms with Gasteiger partial charge in [-0.3, -0.25) is 9.69 Å². The van der Waals surface area contributed by atoms with E-state index in [-0.39, 0.29) is 5.91 Å². The van der Waals surface area contributed by atoms with E-state index in [9.17, 15) is 4.79 Å². The van der Waals surface area contributed by atoms with Crippen LogP contribution < -0.4 is 0 Å². The second-order valence-corrected chi connectivity index (χ2v) is 6.13. The van der Waals surface area contributed by atoms with Crippen molar-refractivity contribution in [3.05, 3.63) is 11.7 Å². The highest BCUT2D eigenvalue weighted by molar-refractivity contribution is 5.78. The fourth-order valence-corrected chi connectivity index (χ4v) is 2.88. The molecule has 2 aliphatic heterocycles. The van der Waals surface area contributed by atoms with E-state index in [1.165, 1.54) is 0 Å². The summed E-state index contributed by atoms with van der Waals surface area (Å²) in [6.07, 6.45) is 2.27. The topological polar surface area (TPSA) is 62.5 Å². The van der Waals surface area contributed by atoms with Crippen molar-refractivity contribution in [3.63, 3.8) is 0 Å². The molecule has 3 heterocycles. The molecule has 0 unspecified atom stereocenters. The SMILES string of the molecule is Cc1noc(C2CN(CC(=O)N3CCC(C)CC3)C2)n1. The maximum Gasteiger partial charge on any atom is 0.236 e. The quantitative estimate of drug-likeness (QED) is 0.826. The van der Waals surface area contributed by atoms with E-state index >= 15 is 0 Å². The Morgan fingerprint density at radius 2 is 2.05 bits per heavy atom. The number of rotatable bonds is 3. The highest BCUT2D eigenvalue weighted by Crippen LogP contribution is 2.25. The Hall–Kier alpha value is -1.43. The van der Waals surface area contributed by atoms with Crippen LogP contribution in [0.1, 0.15) is 37.4 Å². The molecule has 1 amide bonds. The number of piperidine rings is 1. The first kappa shape index (κ1) is 13.5. The van der Waals surface area contributed by atoms with Gasteiger partial charge in [-0.2, -0.15) is 4.98 Å². The van der Waals surface area contributed by atoms with Crippen molar-refractivity contribution in [2.75, 3.05) is 32.7 Å². The normalized spacial score (nSPS) is 22.0. The molecule has 2 saturated heterocycles. The van der Waals surface area contributed by atoms with Crippen molar-refractivity contribution in [3.8, 4) is 0 Å². The highest BCUT2D eigenvalue weighted by Gasteiger charge is 2.34. The lowest BCUT2D eigenvalue weighted by atomic mass is 9.98. The van der Waals surface area contributed by atoms with E-state index < -0.39 is 0 Å². The Morgan fingerprint density at radius 1 is 1.35 bits per heavy atom. The maximum atomic E-state index is 12.2. The van der Waals surface area contributed by atoms with Crippen molar-refractivity contribution in [2.24, 2.45) is 5.92 Å². The second kappa shape index (κ2) is 5.52. The first-order chi connectivity index (χ1) is 9.61. The summed E-state index contributed by atoms with van der Waals surface area (Å²) < 4.78 is 5.17. The number of hydrogen-bond donors (Lipinski definition) is 0. The van der Waals surface area contributed by atoms with Gasteiger partial charge in [0.25, 0.3) is 0 Å². The molecule has 2 fully saturated rings. The van der Waals surface area contributed by atoms with Gasteiger partial charge in [-0.15, -0.1) is 0 Å². The van der Waals surface area contributed by atoms with Crippen LogP contribution >= 0.6 is 0 Å². The van der Waals surface area contributed by atoms with Gasteiger partial charge >= 0.3 is 0 Å². The van der Waals surface area contributed by atoms with E-state index in [2.05, 4.69) is 22.0 Å². The molecule has 0 atom stereocenters. The number of carbonyl (C=O) groups excluding carboxylic acids is 1. The van der Waals surface area contributed by atoms with Crippen LogP contribution in [0.3, 0.4) is 0 Å². The zero-order valence-corrected chi connectivity index (χ0v) is 12.2. The van der Waals surface area contributed by atoms with Crippen LogP contribution in [0.4, 0.5) is 0 Å². The van der Waals surface area contributed by atoms with Gasteiger partial charge in [-0.25, -0.2) is 0 Å². The van der Waals surface area contributed by atoms with Gasteiger partial charge in [-0.05, 0) is 25.7 Å². The molecule has 20 heavy (non-hydrogen) atoms. The molecule has 3 rings (SSSR count). The molecule has 2 aliphatic rings. The molecule has 6 nitrogen and oxygen atoms in total. The number of carbonyl (C=O) groups is 1. The summed E-state index contributed by atoms with van der Waals surface area (Å²) in [5, 5.41) is 3.81. The summed E-state index contributed by atoms with van der Waals surface area (Å²) in [6.45, 7) is 8.13. The summed E-state index contributed by atoms with van der Waals surface area (Å²) in [7, 11) is 0. The minimum absolute atomic E-state index is 0.261. The van der Waals surface area contributed by atoms with Crippen molar-refractivity contribution >= 4 is 5.91 Å². The predicted octanol–water partition coefficient (Wildman–Crippen LogP) is 1.04. The summed E-state index contributed by atoms with van der Waals surface area (Å²) in [6, 6.07) is 0. The Labute approximate surface area is 119 Å². The molecular weight excluding hydrogens is 256 g/mol. The van der Waals surface area contributed by atoms with Crippen LogP contribution in [0, 0.1) is 12.8 Å². The number of amides is 1. The average Bonchev–Trinajstić information content (AvgIpc) is 2.80. The standard InChI is InChI=1S/C14H22N4O2/c1-10-3-5-18(6-4-10)13(19)9-17-7-12(8-17)14-15-11(2)16-20-14/h10,12H,3-9H2,1-2H3. The van der Waals surface area contributed by atoms with E-state index in [4.69, 9.17) is 4.52 Å². The second-order valence-electron chi connectivity index (χ2n) is 6.13. The number of likely N-dealkylation sites (tertiary alicyclic amines) is 2. The van der Waals surface area contributed by atoms with Gasteiger partial charge in [0, 0.05) is 26.2 Å². The van der Waals surface area contributed by atoms with Crippen molar-refractivity contribution < 1.29 is 9.32 Å². The number of aryl methyl sites for hydroxylation is 1. The van der Waals surface area contributed by atoms with E-state index in [0.717, 1.165) is 44.9 Å². The molecular formula is C14H22N4O2. The van der Waals surface area contributed by atoms with Crippen LogP contribution in [0.5, 0.6) is 0 Å². The molecule has 0 aliphatic carbocycles. The van der Waals surface area contributed by atoms with Gasteiger partial charge in [0.1, 0.15) is 0 Å². The largest absolute Gasteiger partial charge is 0.342 e. The molecule has 0 spiro atoms. The zero-order chi connectivity index (χ0) is 14.1. The Kier molecular flexibility index (Phi) is 3.74. The molecule has 0 saturated carbocycles. The van der Waals surface area contributed by atoms with Crippen LogP contribution in [0.2, 0.25) is 0 Å². The fourth-order valence-electron chi connectivity index (χ4n) is 2.88. The van der Waals surface area contributed by atoms with Crippen LogP contribution in [0.25, 0.3) is 0 Å². The smallest absolute Gasteiger partial charge is 0.236 e. The summed E-state index contributed by atoms with van der Waals surface area (Å²) in [5.41, 5.74) is 0. The zero-order valence-electron chi connectivity index (χ0n) is 12.2. The first-order valence-corrected chi connectivity index (χ1v) is 7.42. The van der Waals surface area contributed by atoms with Gasteiger partial charge in [-0.1, -0.05) is 12.1 Å². The molecule has 110 valence electrons. The van der Waals surface area contributed by atoms with E-state index in [1.54, 1.807) is 0 Å². The van der Waals surface area contributed by atoms with Gasteiger partial charge in [0.2, 0.25) is 11.8 Å². The molecule has 0 N–H and O–H groups in total. The van der Waals surface area contributed by atoms with Gasteiger partial charge in [0.05, 0.1) is 12.5 Å². The summed E-state index contributed by atoms with van der Waals surface area (Å²) in [4.78, 5) is 20.6. The van der Waals surface area contributed by atoms with Crippen LogP contribution in [-0.2, 0) is 4.79 Å². The third kappa shape index (κ3) is 2.85. The summed E-state index contributed by atoms with van der Waals surface area (Å²) >= 11 is 0. The molecule has 0 radical (unpaired) electrons. The van der Waals surface area contributed by atoms with Crippen LogP contribution in [0.15, 0.2) is 4.52 Å². The fraction of sp³-hybridized carbons (Fsp3) is 0.786. The Balaban J connectivity index is 1.43. The predicted molar refractivity (Wildman–Crippen MR) is 73.2 cm³/mol. The molecule has 0 aromatic carbocycles. The Bertz CT molecular complexity index is 473. The monoisotopic (exact) mass is 278 g/mol. The molecule has 1 aromatic heterocycles. The lowest BCUT2D eigenvalue weighted by Gasteiger charge is -2.38. The molecule has 1 aromatic rings. The average molecular weight is 278 g/mol. The molecule has 6 heteroatoms. The number of aromatic nitrogens is 2. The molecule has 0 bridgehead atoms. The third-order valence-corrected chi connectivity index (χ3v) is 4.34. The third-order valence-electron chi connectivity index (χ3n) is 4.34. The first-order valence-electron chi connectivity index (χ1n) is 7.42. The van der Waals surface area contributed by atoms with E-state index in [0.29, 0.717) is 24.2 Å². The van der Waals surface area contributed by atoms with Crippen molar-refractivity contribution in [1.29, 1.82) is 0 Å². The van der Waals surface area contributed by atoms with Crippen LogP contribution in [-0.4, -0.2) is 58.6 Å². The maximum absolute atomic E-state index is 12.2. The Morgan fingerprint density at radius 3 is 2.65 bits per heavy atom. The van der Waals surface area contributed by atoms with Gasteiger partial charge < -0.3 is 9.42 Å². The number of hydrogen-bond acceptors (Lipinski definition) is 5. The van der Waals surface area contributed by atoms with Crippen molar-refractivity contribution in [1.82, 2.24) is 19.9 Å². The van der Waals surface area contributed by atoms with Gasteiger partial charge in [0.15, 0.2) is 5.82 Å². The minimum atomic E-state index is 0.261. The highest BCUT2D eigenvalue weighted by atomic mass is 16.5. The lowest BCUT2D eigenvalue weighted by molar-refractivity contribution is -0.135. The minimum Gasteiger partial charge on any atom is -0.342 e. The lowest BCUT2D eigenvalue weighted by Crippen LogP contribution is -2.51. The number of nitrogens with zero attached hydrogens (tertiary/aromatic N) is 4. The summed E-state index contributed by atoms with van der Waals surface area (Å²) in [5.74, 6) is 2.70. The van der Waals surface area contributed by atoms with E-state index in [1.807, 2.05) is 11.8 Å².